The van der Waals surface area contributed by atoms with Gasteiger partial charge in [0.15, 0.2) is 0 Å². The molecule has 5 heteroatoms. The Morgan fingerprint density at radius 1 is 0.889 bits per heavy atom. The lowest BCUT2D eigenvalue weighted by molar-refractivity contribution is 0.306. The van der Waals surface area contributed by atoms with E-state index in [0.717, 1.165) is 14.5 Å². The second-order valence-corrected chi connectivity index (χ2v) is 6.24. The number of rotatable bonds is 3. The molecule has 0 aliphatic rings. The molecule has 0 aliphatic carbocycles. The third-order valence-electron chi connectivity index (χ3n) is 2.29. The molecule has 2 aromatic carbocycles. The molecule has 0 N–H and O–H groups in total. The highest BCUT2D eigenvalue weighted by atomic mass is 79.9. The van der Waals surface area contributed by atoms with Crippen LogP contribution in [0, 0.1) is 0 Å². The zero-order valence-electron chi connectivity index (χ0n) is 9.09. The van der Waals surface area contributed by atoms with Gasteiger partial charge in [-0.2, -0.15) is 0 Å². The summed E-state index contributed by atoms with van der Waals surface area (Å²) in [5.41, 5.74) is 0.916. The average Bonchev–Trinajstić information content (AvgIpc) is 2.30. The van der Waals surface area contributed by atoms with Gasteiger partial charge in [0.25, 0.3) is 0 Å². The molecule has 0 heterocycles. The number of hydrogen-bond acceptors (Lipinski definition) is 1. The van der Waals surface area contributed by atoms with Crippen LogP contribution in [0.4, 0.5) is 0 Å². The molecule has 0 radical (unpaired) electrons. The highest BCUT2D eigenvalue weighted by Gasteiger charge is 2.05. The van der Waals surface area contributed by atoms with Crippen LogP contribution in [0.3, 0.4) is 0 Å². The predicted molar refractivity (Wildman–Crippen MR) is 82.6 cm³/mol. The van der Waals surface area contributed by atoms with Crippen molar-refractivity contribution in [2.45, 2.75) is 6.61 Å². The molecule has 1 nitrogen and oxygen atoms in total. The minimum Gasteiger partial charge on any atom is -0.487 e. The molecule has 0 bridgehead atoms. The molecular formula is C13H8Br2Cl2O. The summed E-state index contributed by atoms with van der Waals surface area (Å²) in [4.78, 5) is 0. The lowest BCUT2D eigenvalue weighted by atomic mass is 10.2. The maximum Gasteiger partial charge on any atom is 0.138 e. The van der Waals surface area contributed by atoms with Crippen molar-refractivity contribution in [1.29, 1.82) is 0 Å². The van der Waals surface area contributed by atoms with Crippen LogP contribution in [0.2, 0.25) is 10.0 Å². The summed E-state index contributed by atoms with van der Waals surface area (Å²) >= 11 is 18.9. The Hall–Kier alpha value is -0.220. The topological polar surface area (TPSA) is 9.23 Å². The fourth-order valence-corrected chi connectivity index (χ4v) is 2.84. The molecule has 0 aromatic heterocycles. The molecule has 0 unspecified atom stereocenters. The van der Waals surface area contributed by atoms with Crippen LogP contribution in [-0.2, 0) is 6.61 Å². The summed E-state index contributed by atoms with van der Waals surface area (Å²) in [5, 5.41) is 1.23. The van der Waals surface area contributed by atoms with Gasteiger partial charge >= 0.3 is 0 Å². The molecule has 0 aliphatic heterocycles. The lowest BCUT2D eigenvalue weighted by Crippen LogP contribution is -1.96. The third-order valence-corrected chi connectivity index (χ3v) is 3.93. The second kappa shape index (κ2) is 6.29. The van der Waals surface area contributed by atoms with E-state index < -0.39 is 0 Å². The van der Waals surface area contributed by atoms with E-state index in [1.165, 1.54) is 0 Å². The number of halogens is 4. The first-order chi connectivity index (χ1) is 8.56. The molecule has 2 aromatic rings. The van der Waals surface area contributed by atoms with Gasteiger partial charge < -0.3 is 4.74 Å². The van der Waals surface area contributed by atoms with Crippen LogP contribution in [0.1, 0.15) is 5.56 Å². The van der Waals surface area contributed by atoms with Crippen LogP contribution >= 0.6 is 55.1 Å². The highest BCUT2D eigenvalue weighted by molar-refractivity contribution is 9.10. The molecular weight excluding hydrogens is 403 g/mol. The monoisotopic (exact) mass is 408 g/mol. The van der Waals surface area contributed by atoms with E-state index in [4.69, 9.17) is 27.9 Å². The molecule has 0 fully saturated rings. The Morgan fingerprint density at radius 2 is 1.50 bits per heavy atom. The van der Waals surface area contributed by atoms with E-state index in [1.807, 2.05) is 30.3 Å². The van der Waals surface area contributed by atoms with Crippen molar-refractivity contribution < 1.29 is 4.74 Å². The Balaban J connectivity index is 2.11. The van der Waals surface area contributed by atoms with Crippen LogP contribution in [0.15, 0.2) is 45.3 Å². The summed E-state index contributed by atoms with van der Waals surface area (Å²) in [7, 11) is 0. The second-order valence-electron chi connectivity index (χ2n) is 3.60. The molecule has 18 heavy (non-hydrogen) atoms. The summed E-state index contributed by atoms with van der Waals surface area (Å²) < 4.78 is 7.51. The van der Waals surface area contributed by atoms with Gasteiger partial charge in [-0.05, 0) is 30.3 Å². The van der Waals surface area contributed by atoms with E-state index in [2.05, 4.69) is 31.9 Å². The van der Waals surface area contributed by atoms with Gasteiger partial charge in [-0.25, -0.2) is 0 Å². The number of hydrogen-bond donors (Lipinski definition) is 0. The van der Waals surface area contributed by atoms with Crippen molar-refractivity contribution >= 4 is 55.1 Å². The van der Waals surface area contributed by atoms with Crippen molar-refractivity contribution in [3.8, 4) is 5.75 Å². The van der Waals surface area contributed by atoms with Gasteiger partial charge in [0, 0.05) is 19.5 Å². The van der Waals surface area contributed by atoms with Gasteiger partial charge in [0.2, 0.25) is 0 Å². The standard InChI is InChI=1S/C13H8Br2Cl2O/c14-9-2-1-8(11(16)5-9)7-18-13-4-3-10(15)6-12(13)17/h1-6H,7H2. The molecule has 0 spiro atoms. The van der Waals surface area contributed by atoms with Crippen molar-refractivity contribution in [2.24, 2.45) is 0 Å². The first kappa shape index (κ1) is 14.2. The zero-order chi connectivity index (χ0) is 13.1. The Labute approximate surface area is 132 Å². The van der Waals surface area contributed by atoms with Crippen molar-refractivity contribution in [3.63, 3.8) is 0 Å². The fourth-order valence-electron chi connectivity index (χ4n) is 1.39. The van der Waals surface area contributed by atoms with Gasteiger partial charge in [-0.3, -0.25) is 0 Å². The zero-order valence-corrected chi connectivity index (χ0v) is 13.8. The Bertz CT molecular complexity index is 521. The third kappa shape index (κ3) is 3.64. The summed E-state index contributed by atoms with van der Waals surface area (Å²) in [6.45, 7) is 0.382. The van der Waals surface area contributed by atoms with Gasteiger partial charge in [-0.1, -0.05) is 61.1 Å². The molecule has 0 amide bonds. The van der Waals surface area contributed by atoms with Crippen LogP contribution < -0.4 is 4.74 Å². The van der Waals surface area contributed by atoms with Crippen molar-refractivity contribution in [1.82, 2.24) is 0 Å². The maximum atomic E-state index is 6.11. The van der Waals surface area contributed by atoms with Crippen LogP contribution in [-0.4, -0.2) is 0 Å². The lowest BCUT2D eigenvalue weighted by Gasteiger charge is -2.09. The summed E-state index contributed by atoms with van der Waals surface area (Å²) in [5.74, 6) is 0.638. The van der Waals surface area contributed by atoms with Crippen molar-refractivity contribution in [2.75, 3.05) is 0 Å². The fraction of sp³-hybridized carbons (Fsp3) is 0.0769. The normalized spacial score (nSPS) is 10.4. The first-order valence-electron chi connectivity index (χ1n) is 5.08. The molecule has 0 saturated carbocycles. The van der Waals surface area contributed by atoms with E-state index in [1.54, 1.807) is 6.07 Å². The first-order valence-corrected chi connectivity index (χ1v) is 7.42. The van der Waals surface area contributed by atoms with E-state index >= 15 is 0 Å². The number of benzene rings is 2. The summed E-state index contributed by atoms with van der Waals surface area (Å²) in [6.07, 6.45) is 0. The van der Waals surface area contributed by atoms with Gasteiger partial charge in [-0.15, -0.1) is 0 Å². The minimum absolute atomic E-state index is 0.382. The average molecular weight is 411 g/mol. The molecule has 2 rings (SSSR count). The summed E-state index contributed by atoms with van der Waals surface area (Å²) in [6, 6.07) is 11.2. The molecule has 94 valence electrons. The van der Waals surface area contributed by atoms with E-state index in [-0.39, 0.29) is 0 Å². The smallest absolute Gasteiger partial charge is 0.138 e. The quantitative estimate of drug-likeness (QED) is 0.594. The molecule has 0 saturated heterocycles. The highest BCUT2D eigenvalue weighted by Crippen LogP contribution is 2.29. The van der Waals surface area contributed by atoms with E-state index in [9.17, 15) is 0 Å². The predicted octanol–water partition coefficient (Wildman–Crippen LogP) is 6.10. The van der Waals surface area contributed by atoms with Crippen LogP contribution in [0.25, 0.3) is 0 Å². The number of ether oxygens (including phenoxy) is 1. The Kier molecular flexibility index (Phi) is 4.96. The minimum atomic E-state index is 0.382. The largest absolute Gasteiger partial charge is 0.487 e. The van der Waals surface area contributed by atoms with E-state index in [0.29, 0.717) is 22.4 Å². The maximum absolute atomic E-state index is 6.11. The Morgan fingerprint density at radius 3 is 2.11 bits per heavy atom. The van der Waals surface area contributed by atoms with Gasteiger partial charge in [0.05, 0.1) is 5.02 Å². The van der Waals surface area contributed by atoms with Crippen molar-refractivity contribution in [3.05, 3.63) is 61.0 Å². The van der Waals surface area contributed by atoms with Gasteiger partial charge in [0.1, 0.15) is 12.4 Å². The van der Waals surface area contributed by atoms with Crippen LogP contribution in [0.5, 0.6) is 5.75 Å². The molecule has 0 atom stereocenters. The SMILES string of the molecule is Clc1cc(Br)ccc1COc1ccc(Br)cc1Cl.